The topological polar surface area (TPSA) is 234 Å². The van der Waals surface area contributed by atoms with Crippen LogP contribution in [0.1, 0.15) is 160 Å². The number of fused-ring (bicyclic) bond motifs is 5. The molecule has 1 aliphatic rings. The Kier molecular flexibility index (Phi) is 23.1. The minimum Gasteiger partial charge on any atom is -0.507 e. The number of likely N-dealkylation sites (N-methyl/N-ethyl adjacent to an activating group) is 1. The van der Waals surface area contributed by atoms with Crippen LogP contribution in [-0.4, -0.2) is 103 Å². The van der Waals surface area contributed by atoms with Crippen molar-refractivity contribution in [2.45, 2.75) is 180 Å². The van der Waals surface area contributed by atoms with Crippen molar-refractivity contribution in [2.75, 3.05) is 13.7 Å². The van der Waals surface area contributed by atoms with Gasteiger partial charge in [-0.25, -0.2) is 4.79 Å². The number of phenolic OH excluding ortho intramolecular Hbond substituents is 2. The van der Waals surface area contributed by atoms with Crippen LogP contribution in [0.3, 0.4) is 0 Å². The molecule has 63 heavy (non-hydrogen) atoms. The van der Waals surface area contributed by atoms with E-state index in [2.05, 4.69) is 17.6 Å². The average molecular weight is 882 g/mol. The van der Waals surface area contributed by atoms with Gasteiger partial charge in [-0.05, 0) is 61.1 Å². The van der Waals surface area contributed by atoms with Gasteiger partial charge in [0.15, 0.2) is 0 Å². The van der Waals surface area contributed by atoms with Crippen molar-refractivity contribution in [3.05, 3.63) is 47.5 Å². The number of amides is 3. The molecule has 2 aromatic rings. The summed E-state index contributed by atoms with van der Waals surface area (Å²) in [4.78, 5) is 66.2. The van der Waals surface area contributed by atoms with Crippen molar-refractivity contribution in [1.29, 1.82) is 0 Å². The lowest BCUT2D eigenvalue weighted by atomic mass is 9.89. The Bertz CT molecular complexity index is 1770. The summed E-state index contributed by atoms with van der Waals surface area (Å²) < 4.78 is 0. The Morgan fingerprint density at radius 1 is 0.825 bits per heavy atom. The number of hydrogen-bond donors (Lipinski definition) is 8. The number of carbonyl (C=O) groups is 5. The van der Waals surface area contributed by atoms with Crippen LogP contribution in [-0.2, 0) is 30.4 Å². The molecule has 0 aliphatic carbocycles. The van der Waals surface area contributed by atoms with Crippen molar-refractivity contribution < 1.29 is 54.6 Å². The highest BCUT2D eigenvalue weighted by Crippen LogP contribution is 2.39. The lowest BCUT2D eigenvalue weighted by Crippen LogP contribution is -2.47. The molecule has 0 aromatic heterocycles. The van der Waals surface area contributed by atoms with Gasteiger partial charge in [-0.1, -0.05) is 110 Å². The Morgan fingerprint density at radius 2 is 1.40 bits per heavy atom. The molecule has 1 aliphatic heterocycles. The first-order chi connectivity index (χ1) is 30.1. The van der Waals surface area contributed by atoms with Gasteiger partial charge >= 0.3 is 5.97 Å². The summed E-state index contributed by atoms with van der Waals surface area (Å²) in [6.07, 6.45) is 13.2. The van der Waals surface area contributed by atoms with Gasteiger partial charge in [0, 0.05) is 55.7 Å². The number of aliphatic carboxylic acids is 1. The number of carboxylic acid groups (broad SMARTS) is 1. The number of aliphatic hydroxyl groups is 3. The minimum atomic E-state index is -1.37. The number of benzene rings is 2. The van der Waals surface area contributed by atoms with Gasteiger partial charge in [0.05, 0.1) is 30.9 Å². The van der Waals surface area contributed by atoms with E-state index < -0.39 is 66.6 Å². The van der Waals surface area contributed by atoms with Crippen LogP contribution in [0.5, 0.6) is 11.5 Å². The van der Waals surface area contributed by atoms with E-state index in [1.807, 2.05) is 0 Å². The van der Waals surface area contributed by atoms with E-state index in [9.17, 15) is 54.6 Å². The maximum absolute atomic E-state index is 13.4. The molecular weight excluding hydrogens is 807 g/mol. The van der Waals surface area contributed by atoms with E-state index in [1.165, 1.54) is 106 Å². The van der Waals surface area contributed by atoms with Gasteiger partial charge in [0.1, 0.15) is 23.3 Å². The van der Waals surface area contributed by atoms with Gasteiger partial charge in [-0.15, -0.1) is 0 Å². The molecule has 3 amide bonds. The molecule has 0 radical (unpaired) electrons. The summed E-state index contributed by atoms with van der Waals surface area (Å²) in [5.41, 5.74) is 1.15. The molecule has 0 saturated carbocycles. The summed E-state index contributed by atoms with van der Waals surface area (Å²) in [6, 6.07) is 5.45. The number of nitrogens with zero attached hydrogens (tertiary/aromatic N) is 1. The number of aromatic hydroxyl groups is 2. The second-order valence-electron chi connectivity index (χ2n) is 17.7. The molecule has 2 aromatic carbocycles. The fourth-order valence-electron chi connectivity index (χ4n) is 8.31. The van der Waals surface area contributed by atoms with Crippen LogP contribution in [0.4, 0.5) is 0 Å². The van der Waals surface area contributed by atoms with E-state index in [-0.39, 0.29) is 72.8 Å². The van der Waals surface area contributed by atoms with Crippen molar-refractivity contribution in [3.8, 4) is 22.6 Å². The Hall–Kier alpha value is -4.53. The maximum Gasteiger partial charge on any atom is 0.326 e. The number of phenols is 2. The molecule has 4 bridgehead atoms. The molecule has 3 rings (SSSR count). The standard InChI is InChI=1S/C49H75N3O11/c1-5-6-7-8-9-10-11-12-13-14-15-16-17-18-46(60)52(4)39(31-53)43(57)22-19-32(2)40(54)25-26-45(59)51-47-35-21-24-42(56)37(30-35)36-28-34(20-23-41(36)55)29-38(49(62)63)50-48(61)33(3)27-44(47)58/h20-21,23-24,28,30,32-33,38-39,43-44,47,53,55-58H,5-19,22,25-27,29,31H2,1-4H3,(H,50,61)(H,51,59)(H,62,63)/t32?,33-,38+,39-,43?,44?,47+/m1/s1. The lowest BCUT2D eigenvalue weighted by molar-refractivity contribution is -0.142. The van der Waals surface area contributed by atoms with Crippen LogP contribution in [0, 0.1) is 11.8 Å². The Morgan fingerprint density at radius 3 is 1.98 bits per heavy atom. The van der Waals surface area contributed by atoms with Crippen LogP contribution >= 0.6 is 0 Å². The number of aliphatic hydroxyl groups excluding tert-OH is 3. The third-order valence-electron chi connectivity index (χ3n) is 12.6. The SMILES string of the molecule is CCCCCCCCCCCCCCCC(=O)N(C)[C@H](CO)C(O)CCC(C)C(=O)CCC(=O)N[C@H]1c2ccc(O)c(c2)-c2cc(ccc2O)C[C@@H](C(=O)O)NC(=O)[C@H](C)CC1O. The highest BCUT2D eigenvalue weighted by Gasteiger charge is 2.32. The molecule has 14 heteroatoms. The first-order valence-corrected chi connectivity index (χ1v) is 23.3. The van der Waals surface area contributed by atoms with E-state index in [0.29, 0.717) is 17.5 Å². The highest BCUT2D eigenvalue weighted by molar-refractivity contribution is 5.87. The molecular formula is C49H75N3O11. The summed E-state index contributed by atoms with van der Waals surface area (Å²) >= 11 is 0. The number of unbranched alkanes of at least 4 members (excludes halogenated alkanes) is 12. The quantitative estimate of drug-likeness (QED) is 0.0455. The van der Waals surface area contributed by atoms with E-state index in [1.54, 1.807) is 14.0 Å². The van der Waals surface area contributed by atoms with Crippen molar-refractivity contribution >= 4 is 29.5 Å². The number of ketones is 1. The highest BCUT2D eigenvalue weighted by atomic mass is 16.4. The van der Waals surface area contributed by atoms with Crippen molar-refractivity contribution in [2.24, 2.45) is 11.8 Å². The van der Waals surface area contributed by atoms with Crippen LogP contribution in [0.15, 0.2) is 36.4 Å². The fraction of sp³-hybridized carbons (Fsp3) is 0.653. The molecule has 3 unspecified atom stereocenters. The third kappa shape index (κ3) is 17.5. The Labute approximate surface area is 373 Å². The van der Waals surface area contributed by atoms with Crippen molar-refractivity contribution in [1.82, 2.24) is 15.5 Å². The fourth-order valence-corrected chi connectivity index (χ4v) is 8.31. The first-order valence-electron chi connectivity index (χ1n) is 23.3. The number of carbonyl (C=O) groups excluding carboxylic acids is 4. The van der Waals surface area contributed by atoms with Gasteiger partial charge in [-0.2, -0.15) is 0 Å². The molecule has 7 atom stereocenters. The molecule has 14 nitrogen and oxygen atoms in total. The molecule has 8 N–H and O–H groups in total. The first kappa shape index (κ1) is 52.8. The molecule has 0 saturated heterocycles. The molecule has 0 spiro atoms. The number of rotatable bonds is 26. The average Bonchev–Trinajstić information content (AvgIpc) is 3.25. The molecule has 0 fully saturated rings. The second kappa shape index (κ2) is 27.6. The van der Waals surface area contributed by atoms with Crippen molar-refractivity contribution in [3.63, 3.8) is 0 Å². The number of Topliss-reactive ketones (excluding diaryl/α,β-unsaturated/α-hetero) is 1. The van der Waals surface area contributed by atoms with Gasteiger partial charge in [0.25, 0.3) is 0 Å². The summed E-state index contributed by atoms with van der Waals surface area (Å²) in [5, 5.41) is 69.3. The van der Waals surface area contributed by atoms with Crippen LogP contribution in [0.25, 0.3) is 11.1 Å². The van der Waals surface area contributed by atoms with Crippen LogP contribution in [0.2, 0.25) is 0 Å². The van der Waals surface area contributed by atoms with Crippen LogP contribution < -0.4 is 10.6 Å². The number of carboxylic acids is 1. The monoisotopic (exact) mass is 882 g/mol. The Balaban J connectivity index is 1.53. The molecule has 1 heterocycles. The van der Waals surface area contributed by atoms with Gasteiger partial charge in [0.2, 0.25) is 17.7 Å². The predicted octanol–water partition coefficient (Wildman–Crippen LogP) is 6.86. The van der Waals surface area contributed by atoms with E-state index >= 15 is 0 Å². The lowest BCUT2D eigenvalue weighted by Gasteiger charge is -2.31. The normalized spacial score (nSPS) is 19.3. The van der Waals surface area contributed by atoms with E-state index in [4.69, 9.17) is 0 Å². The summed E-state index contributed by atoms with van der Waals surface area (Å²) in [6.45, 7) is 5.02. The smallest absolute Gasteiger partial charge is 0.326 e. The largest absolute Gasteiger partial charge is 0.507 e. The number of hydrogen-bond acceptors (Lipinski definition) is 10. The maximum atomic E-state index is 13.4. The second-order valence-corrected chi connectivity index (χ2v) is 17.7. The zero-order valence-electron chi connectivity index (χ0n) is 38.0. The summed E-state index contributed by atoms with van der Waals surface area (Å²) in [5.74, 6) is -4.71. The predicted molar refractivity (Wildman–Crippen MR) is 242 cm³/mol. The zero-order chi connectivity index (χ0) is 46.5. The summed E-state index contributed by atoms with van der Waals surface area (Å²) in [7, 11) is 1.58. The number of nitrogens with one attached hydrogen (secondary N) is 2. The third-order valence-corrected chi connectivity index (χ3v) is 12.6. The zero-order valence-corrected chi connectivity index (χ0v) is 38.0. The minimum absolute atomic E-state index is 0.109. The van der Waals surface area contributed by atoms with E-state index in [0.717, 1.165) is 25.7 Å². The van der Waals surface area contributed by atoms with Gasteiger partial charge in [-0.3, -0.25) is 19.2 Å². The van der Waals surface area contributed by atoms with Gasteiger partial charge < -0.3 is 46.2 Å². The molecule has 352 valence electrons.